The largest absolute Gasteiger partial charge is 0.481 e. The van der Waals surface area contributed by atoms with Gasteiger partial charge in [-0.15, -0.1) is 0 Å². The fraction of sp³-hybridized carbons (Fsp3) is 0.400. The van der Waals surface area contributed by atoms with Crippen molar-refractivity contribution in [2.75, 3.05) is 6.54 Å². The molecule has 1 fully saturated rings. The SMILES string of the molecule is CC(C)(CC1CC1(C(=O)O)c1cnc[nH]1)CN1C(=O)c2ccccc2C1=O. The Labute approximate surface area is 156 Å². The summed E-state index contributed by atoms with van der Waals surface area (Å²) in [7, 11) is 0. The number of H-pyrrole nitrogens is 1. The van der Waals surface area contributed by atoms with Crippen molar-refractivity contribution >= 4 is 17.8 Å². The minimum atomic E-state index is -0.949. The number of fused-ring (bicyclic) bond motifs is 1. The molecule has 1 aromatic carbocycles. The average molecular weight is 367 g/mol. The van der Waals surface area contributed by atoms with E-state index in [9.17, 15) is 19.5 Å². The smallest absolute Gasteiger partial charge is 0.316 e. The maximum atomic E-state index is 12.6. The minimum Gasteiger partial charge on any atom is -0.481 e. The van der Waals surface area contributed by atoms with Crippen LogP contribution in [-0.4, -0.2) is 44.3 Å². The monoisotopic (exact) mass is 367 g/mol. The Balaban J connectivity index is 1.50. The molecular formula is C20H21N3O4. The Bertz CT molecular complexity index is 899. The highest BCUT2D eigenvalue weighted by atomic mass is 16.4. The maximum Gasteiger partial charge on any atom is 0.316 e. The molecule has 0 radical (unpaired) electrons. The third kappa shape index (κ3) is 2.65. The Hall–Kier alpha value is -2.96. The van der Waals surface area contributed by atoms with Crippen LogP contribution in [0.1, 0.15) is 53.1 Å². The lowest BCUT2D eigenvalue weighted by Gasteiger charge is -2.30. The van der Waals surface area contributed by atoms with Crippen LogP contribution in [0, 0.1) is 11.3 Å². The number of imide groups is 1. The molecule has 2 aliphatic rings. The molecule has 0 spiro atoms. The van der Waals surface area contributed by atoms with Gasteiger partial charge >= 0.3 is 5.97 Å². The predicted octanol–water partition coefficient (Wildman–Crippen LogP) is 2.46. The molecule has 0 bridgehead atoms. The summed E-state index contributed by atoms with van der Waals surface area (Å²) in [5, 5.41) is 9.76. The number of aliphatic carboxylic acids is 1. The highest BCUT2D eigenvalue weighted by Crippen LogP contribution is 2.58. The summed E-state index contributed by atoms with van der Waals surface area (Å²) in [6, 6.07) is 6.82. The first-order valence-corrected chi connectivity index (χ1v) is 8.94. The van der Waals surface area contributed by atoms with Crippen LogP contribution in [0.2, 0.25) is 0 Å². The van der Waals surface area contributed by atoms with E-state index in [0.29, 0.717) is 29.7 Å². The topological polar surface area (TPSA) is 103 Å². The second kappa shape index (κ2) is 5.77. The molecule has 2 unspecified atom stereocenters. The van der Waals surface area contributed by atoms with Crippen LogP contribution in [0.15, 0.2) is 36.8 Å². The molecule has 1 aliphatic heterocycles. The first-order chi connectivity index (χ1) is 12.8. The van der Waals surface area contributed by atoms with Crippen LogP contribution < -0.4 is 0 Å². The Morgan fingerprint density at radius 1 is 1.30 bits per heavy atom. The molecule has 140 valence electrons. The van der Waals surface area contributed by atoms with Gasteiger partial charge in [0, 0.05) is 12.7 Å². The molecule has 2 atom stereocenters. The number of carbonyl (C=O) groups excluding carboxylic acids is 2. The van der Waals surface area contributed by atoms with E-state index in [1.54, 1.807) is 30.5 Å². The summed E-state index contributed by atoms with van der Waals surface area (Å²) in [6.07, 6.45) is 4.16. The van der Waals surface area contributed by atoms with Crippen molar-refractivity contribution in [3.8, 4) is 0 Å². The third-order valence-electron chi connectivity index (χ3n) is 5.73. The van der Waals surface area contributed by atoms with Gasteiger partial charge in [0.25, 0.3) is 11.8 Å². The van der Waals surface area contributed by atoms with Gasteiger partial charge in [-0.05, 0) is 36.3 Å². The van der Waals surface area contributed by atoms with Crippen LogP contribution in [0.3, 0.4) is 0 Å². The first-order valence-electron chi connectivity index (χ1n) is 8.94. The fourth-order valence-electron chi connectivity index (χ4n) is 4.33. The van der Waals surface area contributed by atoms with Crippen LogP contribution in [0.25, 0.3) is 0 Å². The minimum absolute atomic E-state index is 0.0689. The van der Waals surface area contributed by atoms with Gasteiger partial charge in [-0.3, -0.25) is 19.3 Å². The number of imidazole rings is 1. The van der Waals surface area contributed by atoms with E-state index in [1.165, 1.54) is 11.2 Å². The third-order valence-corrected chi connectivity index (χ3v) is 5.73. The molecule has 2 amide bonds. The molecule has 2 N–H and O–H groups in total. The number of benzene rings is 1. The van der Waals surface area contributed by atoms with Crippen molar-refractivity contribution in [3.63, 3.8) is 0 Å². The van der Waals surface area contributed by atoms with Gasteiger partial charge in [-0.2, -0.15) is 0 Å². The number of aromatic nitrogens is 2. The van der Waals surface area contributed by atoms with E-state index in [0.717, 1.165) is 0 Å². The Morgan fingerprint density at radius 3 is 2.44 bits per heavy atom. The summed E-state index contributed by atoms with van der Waals surface area (Å²) in [5.74, 6) is -1.50. The number of hydrogen-bond donors (Lipinski definition) is 2. The summed E-state index contributed by atoms with van der Waals surface area (Å²) in [4.78, 5) is 45.3. The van der Waals surface area contributed by atoms with Crippen LogP contribution in [0.5, 0.6) is 0 Å². The normalized spacial score (nSPS) is 24.2. The van der Waals surface area contributed by atoms with E-state index in [-0.39, 0.29) is 24.3 Å². The van der Waals surface area contributed by atoms with Crippen molar-refractivity contribution in [2.45, 2.75) is 32.1 Å². The zero-order valence-corrected chi connectivity index (χ0v) is 15.2. The van der Waals surface area contributed by atoms with E-state index in [1.807, 2.05) is 13.8 Å². The number of nitrogens with zero attached hydrogens (tertiary/aromatic N) is 2. The molecule has 2 aromatic rings. The van der Waals surface area contributed by atoms with Crippen molar-refractivity contribution in [1.29, 1.82) is 0 Å². The summed E-state index contributed by atoms with van der Waals surface area (Å²) in [5.41, 5.74) is 0.117. The number of carbonyl (C=O) groups is 3. The molecular weight excluding hydrogens is 346 g/mol. The molecule has 7 heteroatoms. The van der Waals surface area contributed by atoms with Crippen molar-refractivity contribution in [3.05, 3.63) is 53.6 Å². The molecule has 1 aromatic heterocycles. The molecule has 2 heterocycles. The number of hydrogen-bond acceptors (Lipinski definition) is 4. The van der Waals surface area contributed by atoms with Crippen LogP contribution in [-0.2, 0) is 10.2 Å². The van der Waals surface area contributed by atoms with Gasteiger partial charge in [-0.1, -0.05) is 26.0 Å². The lowest BCUT2D eigenvalue weighted by atomic mass is 9.83. The standard InChI is InChI=1S/C20H21N3O4/c1-19(2,7-12-8-20(12,18(26)27)15-9-21-11-22-15)10-23-16(24)13-5-3-4-6-14(13)17(23)25/h3-6,9,11-12H,7-8,10H2,1-2H3,(H,21,22)(H,26,27). The lowest BCUT2D eigenvalue weighted by Crippen LogP contribution is -2.39. The number of carboxylic acids is 1. The number of rotatable bonds is 6. The van der Waals surface area contributed by atoms with E-state index < -0.39 is 16.8 Å². The second-order valence-electron chi connectivity index (χ2n) is 8.25. The zero-order valence-electron chi connectivity index (χ0n) is 15.2. The van der Waals surface area contributed by atoms with Gasteiger partial charge in [0.15, 0.2) is 0 Å². The van der Waals surface area contributed by atoms with Gasteiger partial charge in [-0.25, -0.2) is 4.98 Å². The maximum absolute atomic E-state index is 12.6. The number of nitrogens with one attached hydrogen (secondary N) is 1. The highest BCUT2D eigenvalue weighted by molar-refractivity contribution is 6.21. The van der Waals surface area contributed by atoms with Gasteiger partial charge in [0.05, 0.1) is 23.1 Å². The number of aromatic amines is 1. The summed E-state index contributed by atoms with van der Waals surface area (Å²) >= 11 is 0. The van der Waals surface area contributed by atoms with Crippen LogP contribution in [0.4, 0.5) is 0 Å². The molecule has 7 nitrogen and oxygen atoms in total. The number of amides is 2. The number of carboxylic acid groups (broad SMARTS) is 1. The second-order valence-corrected chi connectivity index (χ2v) is 8.25. The van der Waals surface area contributed by atoms with E-state index in [4.69, 9.17) is 0 Å². The Morgan fingerprint density at radius 2 is 1.93 bits per heavy atom. The highest BCUT2D eigenvalue weighted by Gasteiger charge is 2.63. The predicted molar refractivity (Wildman–Crippen MR) is 96.2 cm³/mol. The molecule has 27 heavy (non-hydrogen) atoms. The van der Waals surface area contributed by atoms with Crippen molar-refractivity contribution in [1.82, 2.24) is 14.9 Å². The lowest BCUT2D eigenvalue weighted by molar-refractivity contribution is -0.140. The zero-order chi connectivity index (χ0) is 19.4. The molecule has 4 rings (SSSR count). The quantitative estimate of drug-likeness (QED) is 0.764. The molecule has 1 saturated carbocycles. The average Bonchev–Trinajstić information content (AvgIpc) is 2.99. The van der Waals surface area contributed by atoms with E-state index in [2.05, 4.69) is 9.97 Å². The van der Waals surface area contributed by atoms with Gasteiger partial charge in [0.2, 0.25) is 0 Å². The van der Waals surface area contributed by atoms with Crippen molar-refractivity contribution in [2.24, 2.45) is 11.3 Å². The van der Waals surface area contributed by atoms with Crippen LogP contribution >= 0.6 is 0 Å². The Kier molecular flexibility index (Phi) is 3.73. The fourth-order valence-corrected chi connectivity index (χ4v) is 4.33. The van der Waals surface area contributed by atoms with Crippen molar-refractivity contribution < 1.29 is 19.5 Å². The van der Waals surface area contributed by atoms with Gasteiger partial charge in [0.1, 0.15) is 5.41 Å². The van der Waals surface area contributed by atoms with Gasteiger partial charge < -0.3 is 10.1 Å². The summed E-state index contributed by atoms with van der Waals surface area (Å²) < 4.78 is 0. The molecule has 0 saturated heterocycles. The van der Waals surface area contributed by atoms with E-state index >= 15 is 0 Å². The first kappa shape index (κ1) is 17.5. The molecule has 1 aliphatic carbocycles. The summed E-state index contributed by atoms with van der Waals surface area (Å²) in [6.45, 7) is 4.19.